The van der Waals surface area contributed by atoms with E-state index in [2.05, 4.69) is 6.58 Å². The van der Waals surface area contributed by atoms with Crippen molar-refractivity contribution in [3.8, 4) is 0 Å². The van der Waals surface area contributed by atoms with E-state index in [9.17, 15) is 4.79 Å². The number of ether oxygens (including phenoxy) is 1. The van der Waals surface area contributed by atoms with Crippen molar-refractivity contribution in [2.24, 2.45) is 0 Å². The molecule has 86 valence electrons. The van der Waals surface area contributed by atoms with Gasteiger partial charge in [0.05, 0.1) is 0 Å². The Balaban J connectivity index is 2.57. The molecule has 0 unspecified atom stereocenters. The third-order valence-electron chi connectivity index (χ3n) is 1.95. The van der Waals surface area contributed by atoms with Crippen LogP contribution in [0.25, 0.3) is 0 Å². The van der Waals surface area contributed by atoms with Gasteiger partial charge in [-0.05, 0) is 26.3 Å². The molecule has 0 aliphatic carbocycles. The van der Waals surface area contributed by atoms with Crippen LogP contribution in [0.15, 0.2) is 42.5 Å². The zero-order valence-electron chi connectivity index (χ0n) is 10.1. The first-order valence-electron chi connectivity index (χ1n) is 5.33. The second-order valence-electron chi connectivity index (χ2n) is 4.77. The topological polar surface area (TPSA) is 26.3 Å². The van der Waals surface area contributed by atoms with Crippen LogP contribution < -0.4 is 0 Å². The fraction of sp³-hybridized carbons (Fsp3) is 0.357. The van der Waals surface area contributed by atoms with Gasteiger partial charge in [-0.3, -0.25) is 0 Å². The number of esters is 1. The first-order chi connectivity index (χ1) is 7.38. The van der Waals surface area contributed by atoms with E-state index < -0.39 is 5.60 Å². The van der Waals surface area contributed by atoms with Gasteiger partial charge >= 0.3 is 5.97 Å². The van der Waals surface area contributed by atoms with E-state index in [1.807, 2.05) is 51.1 Å². The van der Waals surface area contributed by atoms with Crippen molar-refractivity contribution in [3.63, 3.8) is 0 Å². The minimum absolute atomic E-state index is 0.323. The summed E-state index contributed by atoms with van der Waals surface area (Å²) in [5.41, 5.74) is 1.09. The molecule has 0 aliphatic heterocycles. The van der Waals surface area contributed by atoms with Crippen molar-refractivity contribution in [3.05, 3.63) is 48.0 Å². The summed E-state index contributed by atoms with van der Waals surface area (Å²) in [5, 5.41) is 0. The average Bonchev–Trinajstić information content (AvgIpc) is 2.16. The van der Waals surface area contributed by atoms with E-state index in [1.54, 1.807) is 0 Å². The molecular formula is C14H18O2. The Morgan fingerprint density at radius 1 is 1.25 bits per heavy atom. The lowest BCUT2D eigenvalue weighted by Crippen LogP contribution is -2.25. The van der Waals surface area contributed by atoms with Crippen molar-refractivity contribution in [1.82, 2.24) is 0 Å². The summed E-state index contributed by atoms with van der Waals surface area (Å²) in [6, 6.07) is 9.76. The average molecular weight is 218 g/mol. The fourth-order valence-electron chi connectivity index (χ4n) is 1.26. The number of rotatable bonds is 3. The monoisotopic (exact) mass is 218 g/mol. The van der Waals surface area contributed by atoms with Crippen molar-refractivity contribution in [1.29, 1.82) is 0 Å². The molecule has 0 amide bonds. The Morgan fingerprint density at radius 3 is 2.31 bits per heavy atom. The fourth-order valence-corrected chi connectivity index (χ4v) is 1.26. The quantitative estimate of drug-likeness (QED) is 0.575. The molecule has 2 nitrogen and oxygen atoms in total. The normalized spacial score (nSPS) is 10.9. The van der Waals surface area contributed by atoms with Gasteiger partial charge in [0.1, 0.15) is 5.60 Å². The molecule has 0 aromatic heterocycles. The third-order valence-corrected chi connectivity index (χ3v) is 1.95. The van der Waals surface area contributed by atoms with Gasteiger partial charge in [-0.1, -0.05) is 36.9 Å². The minimum atomic E-state index is -0.462. The van der Waals surface area contributed by atoms with Crippen molar-refractivity contribution < 1.29 is 9.53 Å². The van der Waals surface area contributed by atoms with Gasteiger partial charge in [0.2, 0.25) is 0 Å². The predicted octanol–water partition coefficient (Wildman–Crippen LogP) is 3.13. The maximum absolute atomic E-state index is 11.6. The van der Waals surface area contributed by atoms with E-state index in [4.69, 9.17) is 4.74 Å². The minimum Gasteiger partial charge on any atom is -0.457 e. The third kappa shape index (κ3) is 4.30. The first-order valence-corrected chi connectivity index (χ1v) is 5.33. The first kappa shape index (κ1) is 12.5. The number of benzene rings is 1. The lowest BCUT2D eigenvalue weighted by molar-refractivity contribution is -0.149. The predicted molar refractivity (Wildman–Crippen MR) is 65.1 cm³/mol. The zero-order valence-corrected chi connectivity index (χ0v) is 10.1. The number of hydrogen-bond donors (Lipinski definition) is 0. The van der Waals surface area contributed by atoms with Gasteiger partial charge in [0, 0.05) is 12.0 Å². The summed E-state index contributed by atoms with van der Waals surface area (Å²) >= 11 is 0. The zero-order chi connectivity index (χ0) is 12.2. The van der Waals surface area contributed by atoms with Gasteiger partial charge in [0.15, 0.2) is 0 Å². The molecular weight excluding hydrogens is 200 g/mol. The van der Waals surface area contributed by atoms with Crippen LogP contribution in [0.1, 0.15) is 26.3 Å². The summed E-state index contributed by atoms with van der Waals surface area (Å²) in [7, 11) is 0. The molecule has 0 spiro atoms. The van der Waals surface area contributed by atoms with E-state index in [-0.39, 0.29) is 5.97 Å². The van der Waals surface area contributed by atoms with Crippen LogP contribution >= 0.6 is 0 Å². The molecule has 0 saturated carbocycles. The number of carbonyl (C=O) groups excluding carboxylic acids is 1. The number of hydrogen-bond acceptors (Lipinski definition) is 2. The highest BCUT2D eigenvalue weighted by Gasteiger charge is 2.18. The Hall–Kier alpha value is -1.57. The molecule has 0 bridgehead atoms. The Bertz CT molecular complexity index is 371. The molecule has 1 aromatic carbocycles. The van der Waals surface area contributed by atoms with Crippen LogP contribution in [-0.2, 0) is 16.0 Å². The maximum Gasteiger partial charge on any atom is 0.334 e. The largest absolute Gasteiger partial charge is 0.457 e. The molecule has 0 radical (unpaired) electrons. The summed E-state index contributed by atoms with van der Waals surface area (Å²) in [6.07, 6.45) is 0.537. The van der Waals surface area contributed by atoms with Crippen molar-refractivity contribution in [2.45, 2.75) is 32.8 Å². The molecule has 0 atom stereocenters. The van der Waals surface area contributed by atoms with Crippen molar-refractivity contribution >= 4 is 5.97 Å². The van der Waals surface area contributed by atoms with E-state index in [0.29, 0.717) is 12.0 Å². The van der Waals surface area contributed by atoms with E-state index >= 15 is 0 Å². The highest BCUT2D eigenvalue weighted by atomic mass is 16.6. The summed E-state index contributed by atoms with van der Waals surface area (Å²) in [5.74, 6) is -0.323. The molecule has 0 saturated heterocycles. The highest BCUT2D eigenvalue weighted by molar-refractivity contribution is 5.88. The second-order valence-corrected chi connectivity index (χ2v) is 4.77. The van der Waals surface area contributed by atoms with Gasteiger partial charge in [-0.15, -0.1) is 0 Å². The standard InChI is InChI=1S/C14H18O2/c1-11(13(15)16-14(2,3)4)10-12-8-6-5-7-9-12/h5-9H,1,10H2,2-4H3. The van der Waals surface area contributed by atoms with Crippen LogP contribution in [0.2, 0.25) is 0 Å². The summed E-state index contributed by atoms with van der Waals surface area (Å²) in [4.78, 5) is 11.6. The van der Waals surface area contributed by atoms with Crippen LogP contribution in [0.3, 0.4) is 0 Å². The smallest absolute Gasteiger partial charge is 0.334 e. The molecule has 1 rings (SSSR count). The lowest BCUT2D eigenvalue weighted by Gasteiger charge is -2.20. The molecule has 16 heavy (non-hydrogen) atoms. The van der Waals surface area contributed by atoms with Gasteiger partial charge in [-0.2, -0.15) is 0 Å². The second kappa shape index (κ2) is 4.97. The van der Waals surface area contributed by atoms with Gasteiger partial charge in [-0.25, -0.2) is 4.79 Å². The molecule has 2 heteroatoms. The molecule has 0 fully saturated rings. The highest BCUT2D eigenvalue weighted by Crippen LogP contribution is 2.13. The molecule has 0 aliphatic rings. The van der Waals surface area contributed by atoms with Gasteiger partial charge in [0.25, 0.3) is 0 Å². The molecule has 0 N–H and O–H groups in total. The van der Waals surface area contributed by atoms with Crippen LogP contribution in [0.5, 0.6) is 0 Å². The Kier molecular flexibility index (Phi) is 3.88. The molecule has 0 heterocycles. The lowest BCUT2D eigenvalue weighted by atomic mass is 10.1. The summed E-state index contributed by atoms with van der Waals surface area (Å²) < 4.78 is 5.23. The maximum atomic E-state index is 11.6. The SMILES string of the molecule is C=C(Cc1ccccc1)C(=O)OC(C)(C)C. The van der Waals surface area contributed by atoms with Crippen LogP contribution in [-0.4, -0.2) is 11.6 Å². The van der Waals surface area contributed by atoms with E-state index in [0.717, 1.165) is 5.56 Å². The Labute approximate surface area is 96.9 Å². The Morgan fingerprint density at radius 2 is 1.81 bits per heavy atom. The van der Waals surface area contributed by atoms with Crippen LogP contribution in [0.4, 0.5) is 0 Å². The molecule has 1 aromatic rings. The van der Waals surface area contributed by atoms with E-state index in [1.165, 1.54) is 0 Å². The van der Waals surface area contributed by atoms with Gasteiger partial charge < -0.3 is 4.74 Å². The van der Waals surface area contributed by atoms with Crippen molar-refractivity contribution in [2.75, 3.05) is 0 Å². The summed E-state index contributed by atoms with van der Waals surface area (Å²) in [6.45, 7) is 9.30. The number of carbonyl (C=O) groups is 1. The van der Waals surface area contributed by atoms with Crippen LogP contribution in [0, 0.1) is 0 Å².